The summed E-state index contributed by atoms with van der Waals surface area (Å²) in [5.41, 5.74) is 1.35. The van der Waals surface area contributed by atoms with E-state index in [1.807, 2.05) is 6.92 Å². The maximum absolute atomic E-state index is 13.1. The molecule has 0 saturated carbocycles. The lowest BCUT2D eigenvalue weighted by Crippen LogP contribution is -2.41. The van der Waals surface area contributed by atoms with E-state index in [2.05, 4.69) is 0 Å². The second-order valence-corrected chi connectivity index (χ2v) is 8.38. The fraction of sp³-hybridized carbons (Fsp3) is 0.381. The molecule has 0 aliphatic heterocycles. The second-order valence-electron chi connectivity index (χ2n) is 6.45. The standard InChI is InChI=1S/C21H28N2O5S/c1-6-23(15-21(24)22(4)17-9-8-10-18(14-17)27-5)29(25,26)19-11-12-20(28-7-2)16(3)13-19/h8-14H,6-7,15H2,1-5H3. The number of amides is 1. The zero-order valence-electron chi connectivity index (χ0n) is 17.5. The number of nitrogens with zero attached hydrogens (tertiary/aromatic N) is 2. The van der Waals surface area contributed by atoms with Gasteiger partial charge in [0.25, 0.3) is 0 Å². The molecule has 0 N–H and O–H groups in total. The minimum absolute atomic E-state index is 0.136. The summed E-state index contributed by atoms with van der Waals surface area (Å²) in [6.45, 7) is 5.78. The van der Waals surface area contributed by atoms with E-state index in [4.69, 9.17) is 9.47 Å². The fourth-order valence-corrected chi connectivity index (χ4v) is 4.32. The Hall–Kier alpha value is -2.58. The van der Waals surface area contributed by atoms with Crippen LogP contribution in [0.15, 0.2) is 47.4 Å². The predicted octanol–water partition coefficient (Wildman–Crippen LogP) is 3.08. The van der Waals surface area contributed by atoms with E-state index >= 15 is 0 Å². The van der Waals surface area contributed by atoms with Gasteiger partial charge >= 0.3 is 0 Å². The number of methoxy groups -OCH3 is 1. The van der Waals surface area contributed by atoms with Gasteiger partial charge in [0.05, 0.1) is 25.2 Å². The number of hydrogen-bond donors (Lipinski definition) is 0. The number of anilines is 1. The van der Waals surface area contributed by atoms with Crippen molar-refractivity contribution in [2.24, 2.45) is 0 Å². The quantitative estimate of drug-likeness (QED) is 0.623. The molecule has 0 spiro atoms. The molecule has 0 unspecified atom stereocenters. The van der Waals surface area contributed by atoms with Crippen LogP contribution in [0.2, 0.25) is 0 Å². The molecule has 2 rings (SSSR count). The highest BCUT2D eigenvalue weighted by molar-refractivity contribution is 7.89. The molecule has 7 nitrogen and oxygen atoms in total. The van der Waals surface area contributed by atoms with Gasteiger partial charge < -0.3 is 14.4 Å². The van der Waals surface area contributed by atoms with Crippen LogP contribution in [0.5, 0.6) is 11.5 Å². The molecule has 0 bridgehead atoms. The van der Waals surface area contributed by atoms with Gasteiger partial charge in [-0.1, -0.05) is 13.0 Å². The lowest BCUT2D eigenvalue weighted by molar-refractivity contribution is -0.118. The van der Waals surface area contributed by atoms with Crippen molar-refractivity contribution in [3.05, 3.63) is 48.0 Å². The monoisotopic (exact) mass is 420 g/mol. The third kappa shape index (κ3) is 5.27. The maximum atomic E-state index is 13.1. The first-order chi connectivity index (χ1) is 13.7. The minimum Gasteiger partial charge on any atom is -0.497 e. The van der Waals surface area contributed by atoms with Crippen molar-refractivity contribution in [2.75, 3.05) is 38.8 Å². The Labute approximate surface area is 172 Å². The number of carbonyl (C=O) groups excluding carboxylic acids is 1. The number of benzene rings is 2. The molecule has 2 aromatic rings. The molecule has 0 aliphatic rings. The van der Waals surface area contributed by atoms with E-state index in [9.17, 15) is 13.2 Å². The van der Waals surface area contributed by atoms with Crippen molar-refractivity contribution in [1.82, 2.24) is 4.31 Å². The molecule has 8 heteroatoms. The summed E-state index contributed by atoms with van der Waals surface area (Å²) in [4.78, 5) is 14.3. The number of rotatable bonds is 9. The molecule has 0 fully saturated rings. The number of likely N-dealkylation sites (N-methyl/N-ethyl adjacent to an activating group) is 2. The predicted molar refractivity (Wildman–Crippen MR) is 113 cm³/mol. The van der Waals surface area contributed by atoms with E-state index in [0.717, 1.165) is 5.56 Å². The first-order valence-electron chi connectivity index (χ1n) is 9.38. The lowest BCUT2D eigenvalue weighted by Gasteiger charge is -2.24. The van der Waals surface area contributed by atoms with Gasteiger partial charge in [0.2, 0.25) is 15.9 Å². The van der Waals surface area contributed by atoms with Crippen LogP contribution >= 0.6 is 0 Å². The highest BCUT2D eigenvalue weighted by Crippen LogP contribution is 2.25. The zero-order chi connectivity index (χ0) is 21.6. The van der Waals surface area contributed by atoms with E-state index in [1.165, 1.54) is 15.3 Å². The Morgan fingerprint density at radius 1 is 1.10 bits per heavy atom. The summed E-state index contributed by atoms with van der Waals surface area (Å²) in [5, 5.41) is 0. The van der Waals surface area contributed by atoms with Crippen LogP contribution in [0.3, 0.4) is 0 Å². The summed E-state index contributed by atoms with van der Waals surface area (Å²) >= 11 is 0. The highest BCUT2D eigenvalue weighted by Gasteiger charge is 2.27. The summed E-state index contributed by atoms with van der Waals surface area (Å²) < 4.78 is 38.0. The average molecular weight is 421 g/mol. The van der Waals surface area contributed by atoms with Crippen molar-refractivity contribution in [3.63, 3.8) is 0 Å². The number of ether oxygens (including phenoxy) is 2. The molecule has 0 aliphatic carbocycles. The molecule has 0 heterocycles. The van der Waals surface area contributed by atoms with E-state index in [0.29, 0.717) is 23.8 Å². The summed E-state index contributed by atoms with van der Waals surface area (Å²) in [5.74, 6) is 0.918. The number of sulfonamides is 1. The fourth-order valence-electron chi connectivity index (χ4n) is 2.84. The van der Waals surface area contributed by atoms with Gasteiger partial charge in [-0.05, 0) is 49.7 Å². The molecular weight excluding hydrogens is 392 g/mol. The van der Waals surface area contributed by atoms with Crippen molar-refractivity contribution in [3.8, 4) is 11.5 Å². The van der Waals surface area contributed by atoms with Crippen molar-refractivity contribution in [2.45, 2.75) is 25.7 Å². The highest BCUT2D eigenvalue weighted by atomic mass is 32.2. The zero-order valence-corrected chi connectivity index (χ0v) is 18.3. The van der Waals surface area contributed by atoms with Gasteiger partial charge in [0, 0.05) is 25.3 Å². The van der Waals surface area contributed by atoms with Gasteiger partial charge in [-0.25, -0.2) is 8.42 Å². The summed E-state index contributed by atoms with van der Waals surface area (Å²) in [6.07, 6.45) is 0. The van der Waals surface area contributed by atoms with Crippen molar-refractivity contribution < 1.29 is 22.7 Å². The molecule has 0 atom stereocenters. The van der Waals surface area contributed by atoms with Gasteiger partial charge in [-0.2, -0.15) is 4.31 Å². The average Bonchev–Trinajstić information content (AvgIpc) is 2.72. The second kappa shape index (κ2) is 9.76. The van der Waals surface area contributed by atoms with E-state index in [1.54, 1.807) is 64.4 Å². The largest absolute Gasteiger partial charge is 0.497 e. The minimum atomic E-state index is -3.82. The molecule has 2 aromatic carbocycles. The lowest BCUT2D eigenvalue weighted by atomic mass is 10.2. The topological polar surface area (TPSA) is 76.2 Å². The van der Waals surface area contributed by atoms with Gasteiger partial charge in [0.15, 0.2) is 0 Å². The number of carbonyl (C=O) groups is 1. The molecular formula is C21H28N2O5S. The maximum Gasteiger partial charge on any atom is 0.243 e. The summed E-state index contributed by atoms with van der Waals surface area (Å²) in [7, 11) is -0.667. The van der Waals surface area contributed by atoms with Crippen LogP contribution in [-0.4, -0.2) is 52.5 Å². The molecule has 0 aromatic heterocycles. The van der Waals surface area contributed by atoms with Crippen molar-refractivity contribution >= 4 is 21.6 Å². The Balaban J connectivity index is 2.23. The SMILES string of the molecule is CCOc1ccc(S(=O)(=O)N(CC)CC(=O)N(C)c2cccc(OC)c2)cc1C. The molecule has 0 radical (unpaired) electrons. The Morgan fingerprint density at radius 2 is 1.83 bits per heavy atom. The number of aryl methyl sites for hydroxylation is 1. The van der Waals surface area contributed by atoms with E-state index in [-0.39, 0.29) is 23.9 Å². The van der Waals surface area contributed by atoms with Gasteiger partial charge in [-0.15, -0.1) is 0 Å². The molecule has 29 heavy (non-hydrogen) atoms. The molecule has 158 valence electrons. The van der Waals surface area contributed by atoms with Gasteiger partial charge in [0.1, 0.15) is 11.5 Å². The smallest absolute Gasteiger partial charge is 0.243 e. The van der Waals surface area contributed by atoms with Crippen LogP contribution in [0, 0.1) is 6.92 Å². The van der Waals surface area contributed by atoms with Crippen LogP contribution < -0.4 is 14.4 Å². The van der Waals surface area contributed by atoms with Gasteiger partial charge in [-0.3, -0.25) is 4.79 Å². The number of hydrogen-bond acceptors (Lipinski definition) is 5. The third-order valence-corrected chi connectivity index (χ3v) is 6.48. The normalized spacial score (nSPS) is 11.4. The van der Waals surface area contributed by atoms with Crippen LogP contribution in [0.4, 0.5) is 5.69 Å². The van der Waals surface area contributed by atoms with Crippen LogP contribution in [0.25, 0.3) is 0 Å². The first kappa shape index (κ1) is 22.7. The Kier molecular flexibility index (Phi) is 7.64. The Bertz CT molecular complexity index is 959. The third-order valence-electron chi connectivity index (χ3n) is 4.56. The first-order valence-corrected chi connectivity index (χ1v) is 10.8. The van der Waals surface area contributed by atoms with Crippen LogP contribution in [-0.2, 0) is 14.8 Å². The van der Waals surface area contributed by atoms with E-state index < -0.39 is 10.0 Å². The van der Waals surface area contributed by atoms with Crippen molar-refractivity contribution in [1.29, 1.82) is 0 Å². The van der Waals surface area contributed by atoms with Crippen LogP contribution in [0.1, 0.15) is 19.4 Å². The molecule has 0 saturated heterocycles. The molecule has 1 amide bonds. The summed E-state index contributed by atoms with van der Waals surface area (Å²) in [6, 6.07) is 11.8. The Morgan fingerprint density at radius 3 is 2.41 bits per heavy atom.